The highest BCUT2D eigenvalue weighted by Gasteiger charge is 2.18. The van der Waals surface area contributed by atoms with Gasteiger partial charge in [0.1, 0.15) is 0 Å². The molecule has 0 bridgehead atoms. The zero-order chi connectivity index (χ0) is 14.5. The van der Waals surface area contributed by atoms with E-state index in [4.69, 9.17) is 10.5 Å². The molecule has 2 heteroatoms. The summed E-state index contributed by atoms with van der Waals surface area (Å²) in [5.41, 5.74) is 6.37. The van der Waals surface area contributed by atoms with Gasteiger partial charge in [-0.25, -0.2) is 0 Å². The highest BCUT2D eigenvalue weighted by molar-refractivity contribution is 4.74. The zero-order valence-corrected chi connectivity index (χ0v) is 13.7. The second-order valence-electron chi connectivity index (χ2n) is 6.54. The Morgan fingerprint density at radius 3 is 2.05 bits per heavy atom. The van der Waals surface area contributed by atoms with Gasteiger partial charge in [-0.2, -0.15) is 0 Å². The normalized spacial score (nSPS) is 26.7. The molecule has 1 aliphatic rings. The average Bonchev–Trinajstić information content (AvgIpc) is 2.44. The van der Waals surface area contributed by atoms with Crippen molar-refractivity contribution in [2.24, 2.45) is 5.73 Å². The van der Waals surface area contributed by atoms with Gasteiger partial charge >= 0.3 is 0 Å². The molecule has 2 unspecified atom stereocenters. The van der Waals surface area contributed by atoms with Crippen LogP contribution in [0.4, 0.5) is 0 Å². The van der Waals surface area contributed by atoms with E-state index in [1.54, 1.807) is 0 Å². The largest absolute Gasteiger partial charge is 0.377 e. The summed E-state index contributed by atoms with van der Waals surface area (Å²) in [4.78, 5) is 0. The molecule has 0 saturated heterocycles. The third-order valence-corrected chi connectivity index (χ3v) is 4.58. The third kappa shape index (κ3) is 8.97. The van der Waals surface area contributed by atoms with Gasteiger partial charge in [0.15, 0.2) is 0 Å². The molecule has 0 spiro atoms. The number of nitrogens with two attached hydrogens (primary N) is 1. The number of rotatable bonds is 6. The molecule has 120 valence electrons. The molecule has 0 radical (unpaired) electrons. The predicted molar refractivity (Wildman–Crippen MR) is 88.0 cm³/mol. The van der Waals surface area contributed by atoms with Gasteiger partial charge in [-0.1, -0.05) is 77.6 Å². The van der Waals surface area contributed by atoms with Crippen molar-refractivity contribution in [3.8, 4) is 0 Å². The molecule has 2 atom stereocenters. The lowest BCUT2D eigenvalue weighted by molar-refractivity contribution is 0.0234. The summed E-state index contributed by atoms with van der Waals surface area (Å²) in [6.45, 7) is 3.17. The Labute approximate surface area is 126 Å². The third-order valence-electron chi connectivity index (χ3n) is 4.58. The fourth-order valence-electron chi connectivity index (χ4n) is 3.16. The van der Waals surface area contributed by atoms with Crippen molar-refractivity contribution in [2.75, 3.05) is 6.61 Å². The summed E-state index contributed by atoms with van der Waals surface area (Å²) in [6, 6.07) is 0.264. The van der Waals surface area contributed by atoms with Crippen molar-refractivity contribution in [1.29, 1.82) is 0 Å². The van der Waals surface area contributed by atoms with Gasteiger partial charge in [0.05, 0.1) is 6.10 Å². The summed E-state index contributed by atoms with van der Waals surface area (Å²) in [6.07, 6.45) is 18.7. The van der Waals surface area contributed by atoms with E-state index >= 15 is 0 Å². The highest BCUT2D eigenvalue weighted by atomic mass is 16.5. The van der Waals surface area contributed by atoms with Crippen LogP contribution in [0.25, 0.3) is 0 Å². The van der Waals surface area contributed by atoms with Gasteiger partial charge in [-0.05, 0) is 19.3 Å². The fourth-order valence-corrected chi connectivity index (χ4v) is 3.16. The Kier molecular flexibility index (Phi) is 11.4. The molecule has 0 amide bonds. The van der Waals surface area contributed by atoms with Gasteiger partial charge in [-0.15, -0.1) is 0 Å². The van der Waals surface area contributed by atoms with Gasteiger partial charge in [0.25, 0.3) is 0 Å². The molecule has 1 fully saturated rings. The summed E-state index contributed by atoms with van der Waals surface area (Å²) in [5, 5.41) is 0. The van der Waals surface area contributed by atoms with Crippen molar-refractivity contribution in [3.63, 3.8) is 0 Å². The van der Waals surface area contributed by atoms with Crippen LogP contribution in [0.3, 0.4) is 0 Å². The van der Waals surface area contributed by atoms with Crippen LogP contribution in [-0.4, -0.2) is 18.8 Å². The number of ether oxygens (including phenoxy) is 1. The fraction of sp³-hybridized carbons (Fsp3) is 1.00. The van der Waals surface area contributed by atoms with Crippen LogP contribution < -0.4 is 5.73 Å². The minimum atomic E-state index is 0.264. The summed E-state index contributed by atoms with van der Waals surface area (Å²) in [7, 11) is 0. The van der Waals surface area contributed by atoms with Crippen LogP contribution in [0.1, 0.15) is 96.8 Å². The lowest BCUT2D eigenvalue weighted by Gasteiger charge is -2.25. The monoisotopic (exact) mass is 283 g/mol. The maximum atomic E-state index is 6.37. The van der Waals surface area contributed by atoms with Crippen molar-refractivity contribution in [2.45, 2.75) is 109 Å². The molecule has 20 heavy (non-hydrogen) atoms. The number of hydrogen-bond donors (Lipinski definition) is 1. The first-order chi connectivity index (χ1) is 9.84. The van der Waals surface area contributed by atoms with E-state index in [-0.39, 0.29) is 6.04 Å². The second kappa shape index (κ2) is 12.6. The van der Waals surface area contributed by atoms with E-state index in [9.17, 15) is 0 Å². The van der Waals surface area contributed by atoms with E-state index in [0.717, 1.165) is 13.0 Å². The predicted octanol–water partition coefficient (Wildman–Crippen LogP) is 5.19. The van der Waals surface area contributed by atoms with E-state index in [1.807, 2.05) is 0 Å². The van der Waals surface area contributed by atoms with Crippen LogP contribution in [0.2, 0.25) is 0 Å². The van der Waals surface area contributed by atoms with Gasteiger partial charge < -0.3 is 10.5 Å². The van der Waals surface area contributed by atoms with Crippen molar-refractivity contribution < 1.29 is 4.74 Å². The molecular formula is C18H37NO. The van der Waals surface area contributed by atoms with Crippen LogP contribution in [-0.2, 0) is 4.74 Å². The standard InChI is InChI=1S/C18H37NO/c1-2-3-4-13-16-20-18-15-12-10-8-6-5-7-9-11-14-17(18)19/h17-18H,2-16,19H2,1H3. The van der Waals surface area contributed by atoms with Gasteiger partial charge in [-0.3, -0.25) is 0 Å². The molecule has 1 rings (SSSR count). The molecule has 1 saturated carbocycles. The van der Waals surface area contributed by atoms with Crippen LogP contribution in [0, 0.1) is 0 Å². The molecule has 2 nitrogen and oxygen atoms in total. The van der Waals surface area contributed by atoms with Gasteiger partial charge in [0.2, 0.25) is 0 Å². The first-order valence-corrected chi connectivity index (χ1v) is 9.21. The van der Waals surface area contributed by atoms with Gasteiger partial charge in [0, 0.05) is 12.6 Å². The average molecular weight is 283 g/mol. The molecule has 1 aliphatic carbocycles. The minimum Gasteiger partial charge on any atom is -0.377 e. The van der Waals surface area contributed by atoms with Crippen molar-refractivity contribution >= 4 is 0 Å². The second-order valence-corrected chi connectivity index (χ2v) is 6.54. The number of unbranched alkanes of at least 4 members (excludes halogenated alkanes) is 3. The molecule has 0 aromatic rings. The van der Waals surface area contributed by atoms with E-state index < -0.39 is 0 Å². The summed E-state index contributed by atoms with van der Waals surface area (Å²) in [5.74, 6) is 0. The van der Waals surface area contributed by atoms with Crippen LogP contribution in [0.5, 0.6) is 0 Å². The Hall–Kier alpha value is -0.0800. The highest BCUT2D eigenvalue weighted by Crippen LogP contribution is 2.18. The molecule has 0 aromatic carbocycles. The Bertz CT molecular complexity index is 208. The topological polar surface area (TPSA) is 35.2 Å². The van der Waals surface area contributed by atoms with E-state index in [0.29, 0.717) is 6.10 Å². The molecule has 0 aliphatic heterocycles. The SMILES string of the molecule is CCCCCCOC1CCCCCCCCCCC1N. The van der Waals surface area contributed by atoms with Crippen LogP contribution >= 0.6 is 0 Å². The Morgan fingerprint density at radius 2 is 1.40 bits per heavy atom. The smallest absolute Gasteiger partial charge is 0.0725 e. The molecule has 0 aromatic heterocycles. The molecule has 2 N–H and O–H groups in total. The van der Waals surface area contributed by atoms with E-state index in [2.05, 4.69) is 6.92 Å². The lowest BCUT2D eigenvalue weighted by Crippen LogP contribution is -2.37. The van der Waals surface area contributed by atoms with Crippen molar-refractivity contribution in [3.05, 3.63) is 0 Å². The van der Waals surface area contributed by atoms with Crippen molar-refractivity contribution in [1.82, 2.24) is 0 Å². The quantitative estimate of drug-likeness (QED) is 0.680. The zero-order valence-electron chi connectivity index (χ0n) is 13.7. The first-order valence-electron chi connectivity index (χ1n) is 9.21. The maximum Gasteiger partial charge on any atom is 0.0725 e. The molecule has 0 heterocycles. The summed E-state index contributed by atoms with van der Waals surface area (Å²) < 4.78 is 6.12. The maximum absolute atomic E-state index is 6.37. The Balaban J connectivity index is 2.25. The Morgan fingerprint density at radius 1 is 0.800 bits per heavy atom. The summed E-state index contributed by atoms with van der Waals surface area (Å²) >= 11 is 0. The molecular weight excluding hydrogens is 246 g/mol. The lowest BCUT2D eigenvalue weighted by atomic mass is 9.96. The first kappa shape index (κ1) is 18.0. The minimum absolute atomic E-state index is 0.264. The number of hydrogen-bond acceptors (Lipinski definition) is 2. The van der Waals surface area contributed by atoms with E-state index in [1.165, 1.54) is 83.5 Å². The van der Waals surface area contributed by atoms with Crippen LogP contribution in [0.15, 0.2) is 0 Å².